The maximum Gasteiger partial charge on any atom is 0.119 e. The number of H-pyrrole nitrogens is 1. The predicted octanol–water partition coefficient (Wildman–Crippen LogP) is 3.37. The molecule has 1 aromatic heterocycles. The average molecular weight is 232 g/mol. The number of ether oxygens (including phenoxy) is 1. The summed E-state index contributed by atoms with van der Waals surface area (Å²) in [6, 6.07) is 6.15. The molecule has 0 radical (unpaired) electrons. The van der Waals surface area contributed by atoms with Crippen LogP contribution < -0.4 is 10.5 Å². The van der Waals surface area contributed by atoms with Crippen molar-refractivity contribution in [3.05, 3.63) is 30.0 Å². The van der Waals surface area contributed by atoms with Gasteiger partial charge in [0.05, 0.1) is 7.11 Å². The number of unbranched alkanes of at least 4 members (excludes halogenated alkanes) is 1. The average Bonchev–Trinajstić information content (AvgIpc) is 2.78. The van der Waals surface area contributed by atoms with Crippen LogP contribution in [0, 0.1) is 0 Å². The minimum absolute atomic E-state index is 0.107. The summed E-state index contributed by atoms with van der Waals surface area (Å²) in [4.78, 5) is 3.26. The molecule has 3 N–H and O–H groups in total. The normalized spacial score (nSPS) is 12.9. The summed E-state index contributed by atoms with van der Waals surface area (Å²) < 4.78 is 5.25. The minimum atomic E-state index is 0.107. The first kappa shape index (κ1) is 12.0. The smallest absolute Gasteiger partial charge is 0.119 e. The molecule has 0 bridgehead atoms. The molecule has 0 unspecified atom stereocenters. The molecule has 17 heavy (non-hydrogen) atoms. The monoisotopic (exact) mass is 232 g/mol. The van der Waals surface area contributed by atoms with Crippen molar-refractivity contribution < 1.29 is 4.74 Å². The van der Waals surface area contributed by atoms with Crippen LogP contribution in [0.25, 0.3) is 10.9 Å². The van der Waals surface area contributed by atoms with E-state index in [0.717, 1.165) is 24.1 Å². The molecule has 0 aliphatic carbocycles. The van der Waals surface area contributed by atoms with E-state index in [9.17, 15) is 0 Å². The fraction of sp³-hybridized carbons (Fsp3) is 0.429. The van der Waals surface area contributed by atoms with Gasteiger partial charge < -0.3 is 15.5 Å². The van der Waals surface area contributed by atoms with E-state index in [1.54, 1.807) is 7.11 Å². The Morgan fingerprint density at radius 3 is 2.94 bits per heavy atom. The molecule has 0 spiro atoms. The van der Waals surface area contributed by atoms with Gasteiger partial charge in [-0.15, -0.1) is 0 Å². The van der Waals surface area contributed by atoms with Crippen molar-refractivity contribution in [1.82, 2.24) is 4.98 Å². The van der Waals surface area contributed by atoms with E-state index in [-0.39, 0.29) is 6.04 Å². The van der Waals surface area contributed by atoms with Gasteiger partial charge in [-0.2, -0.15) is 0 Å². The van der Waals surface area contributed by atoms with Gasteiger partial charge in [-0.25, -0.2) is 0 Å². The zero-order chi connectivity index (χ0) is 12.3. The molecule has 1 aromatic carbocycles. The number of hydrogen-bond acceptors (Lipinski definition) is 2. The number of fused-ring (bicyclic) bond motifs is 1. The van der Waals surface area contributed by atoms with Gasteiger partial charge in [0.15, 0.2) is 0 Å². The Balaban J connectivity index is 2.33. The van der Waals surface area contributed by atoms with Crippen molar-refractivity contribution in [3.8, 4) is 5.75 Å². The van der Waals surface area contributed by atoms with Crippen molar-refractivity contribution in [2.75, 3.05) is 7.11 Å². The van der Waals surface area contributed by atoms with Crippen LogP contribution in [-0.2, 0) is 0 Å². The van der Waals surface area contributed by atoms with Crippen LogP contribution in [0.15, 0.2) is 24.4 Å². The fourth-order valence-corrected chi connectivity index (χ4v) is 2.13. The van der Waals surface area contributed by atoms with Crippen LogP contribution in [-0.4, -0.2) is 12.1 Å². The maximum absolute atomic E-state index is 6.22. The molecule has 0 aliphatic rings. The van der Waals surface area contributed by atoms with Crippen LogP contribution >= 0.6 is 0 Å². The molecule has 1 atom stereocenters. The lowest BCUT2D eigenvalue weighted by molar-refractivity contribution is 0.415. The van der Waals surface area contributed by atoms with Gasteiger partial charge >= 0.3 is 0 Å². The third-order valence-electron chi connectivity index (χ3n) is 3.19. The van der Waals surface area contributed by atoms with Crippen LogP contribution in [0.1, 0.15) is 37.8 Å². The lowest BCUT2D eigenvalue weighted by Crippen LogP contribution is -2.09. The summed E-state index contributed by atoms with van der Waals surface area (Å²) in [5.41, 5.74) is 8.53. The second kappa shape index (κ2) is 5.23. The van der Waals surface area contributed by atoms with Crippen molar-refractivity contribution in [3.63, 3.8) is 0 Å². The maximum atomic E-state index is 6.22. The summed E-state index contributed by atoms with van der Waals surface area (Å²) in [6.45, 7) is 2.19. The summed E-state index contributed by atoms with van der Waals surface area (Å²) in [6.07, 6.45) is 5.39. The molecule has 92 valence electrons. The molecule has 0 saturated heterocycles. The van der Waals surface area contributed by atoms with Crippen molar-refractivity contribution in [1.29, 1.82) is 0 Å². The predicted molar refractivity (Wildman–Crippen MR) is 71.3 cm³/mol. The van der Waals surface area contributed by atoms with Gasteiger partial charge in [-0.1, -0.05) is 19.8 Å². The first-order valence-electron chi connectivity index (χ1n) is 6.17. The first-order valence-corrected chi connectivity index (χ1v) is 6.17. The quantitative estimate of drug-likeness (QED) is 0.830. The molecule has 0 aliphatic heterocycles. The van der Waals surface area contributed by atoms with Gasteiger partial charge in [0.2, 0.25) is 0 Å². The number of aromatic amines is 1. The molecule has 2 aromatic rings. The van der Waals surface area contributed by atoms with Crippen LogP contribution in [0.3, 0.4) is 0 Å². The van der Waals surface area contributed by atoms with E-state index in [1.165, 1.54) is 17.4 Å². The van der Waals surface area contributed by atoms with Gasteiger partial charge in [0.1, 0.15) is 5.75 Å². The van der Waals surface area contributed by atoms with Crippen molar-refractivity contribution >= 4 is 10.9 Å². The van der Waals surface area contributed by atoms with E-state index in [4.69, 9.17) is 10.5 Å². The number of aromatic nitrogens is 1. The number of rotatable bonds is 5. The van der Waals surface area contributed by atoms with E-state index in [0.29, 0.717) is 0 Å². The fourth-order valence-electron chi connectivity index (χ4n) is 2.13. The highest BCUT2D eigenvalue weighted by Gasteiger charge is 2.11. The summed E-state index contributed by atoms with van der Waals surface area (Å²) in [5.74, 6) is 0.876. The molecular weight excluding hydrogens is 212 g/mol. The highest BCUT2D eigenvalue weighted by molar-refractivity contribution is 5.85. The van der Waals surface area contributed by atoms with Crippen LogP contribution in [0.2, 0.25) is 0 Å². The van der Waals surface area contributed by atoms with Gasteiger partial charge in [0.25, 0.3) is 0 Å². The topological polar surface area (TPSA) is 51.0 Å². The minimum Gasteiger partial charge on any atom is -0.497 e. The number of nitrogens with two attached hydrogens (primary N) is 1. The standard InChI is InChI=1S/C14H20N2O/c1-3-4-5-13(15)12-9-16-14-7-6-10(17-2)8-11(12)14/h6-9,13,16H,3-5,15H2,1-2H3/t13-/m0/s1. The Kier molecular flexibility index (Phi) is 3.69. The Labute approximate surface area is 102 Å². The Morgan fingerprint density at radius 1 is 1.41 bits per heavy atom. The number of nitrogens with one attached hydrogen (secondary N) is 1. The second-order valence-electron chi connectivity index (χ2n) is 4.40. The summed E-state index contributed by atoms with van der Waals surface area (Å²) in [7, 11) is 1.69. The Bertz CT molecular complexity index is 490. The highest BCUT2D eigenvalue weighted by atomic mass is 16.5. The first-order chi connectivity index (χ1) is 8.26. The van der Waals surface area contributed by atoms with Gasteiger partial charge in [0, 0.05) is 23.1 Å². The largest absolute Gasteiger partial charge is 0.497 e. The zero-order valence-electron chi connectivity index (χ0n) is 10.5. The number of hydrogen-bond donors (Lipinski definition) is 2. The van der Waals surface area contributed by atoms with Gasteiger partial charge in [-0.3, -0.25) is 0 Å². The number of methoxy groups -OCH3 is 1. The molecule has 1 heterocycles. The zero-order valence-corrected chi connectivity index (χ0v) is 10.5. The van der Waals surface area contributed by atoms with Gasteiger partial charge in [-0.05, 0) is 30.2 Å². The molecule has 3 nitrogen and oxygen atoms in total. The van der Waals surface area contributed by atoms with E-state index < -0.39 is 0 Å². The second-order valence-corrected chi connectivity index (χ2v) is 4.40. The lowest BCUT2D eigenvalue weighted by Gasteiger charge is -2.10. The lowest BCUT2D eigenvalue weighted by atomic mass is 10.0. The van der Waals surface area contributed by atoms with Crippen molar-refractivity contribution in [2.24, 2.45) is 5.73 Å². The van der Waals surface area contributed by atoms with Crippen LogP contribution in [0.4, 0.5) is 0 Å². The summed E-state index contributed by atoms with van der Waals surface area (Å²) in [5, 5.41) is 1.17. The van der Waals surface area contributed by atoms with E-state index >= 15 is 0 Å². The highest BCUT2D eigenvalue weighted by Crippen LogP contribution is 2.28. The van der Waals surface area contributed by atoms with E-state index in [2.05, 4.69) is 11.9 Å². The molecule has 2 rings (SSSR count). The Morgan fingerprint density at radius 2 is 2.24 bits per heavy atom. The Hall–Kier alpha value is -1.48. The molecule has 3 heteroatoms. The van der Waals surface area contributed by atoms with Crippen molar-refractivity contribution in [2.45, 2.75) is 32.2 Å². The molecule has 0 fully saturated rings. The third kappa shape index (κ3) is 2.44. The van der Waals surface area contributed by atoms with E-state index in [1.807, 2.05) is 24.4 Å². The summed E-state index contributed by atoms with van der Waals surface area (Å²) >= 11 is 0. The SMILES string of the molecule is CCCC[C@H](N)c1c[nH]c2ccc(OC)cc12. The third-order valence-corrected chi connectivity index (χ3v) is 3.19. The number of benzene rings is 1. The molecule has 0 amide bonds. The molecule has 0 saturated carbocycles. The van der Waals surface area contributed by atoms with Crippen LogP contribution in [0.5, 0.6) is 5.75 Å². The molecular formula is C14H20N2O.